The summed E-state index contributed by atoms with van der Waals surface area (Å²) in [6.45, 7) is 2.02. The summed E-state index contributed by atoms with van der Waals surface area (Å²) in [7, 11) is 0. The monoisotopic (exact) mass is 454 g/mol. The highest BCUT2D eigenvalue weighted by Crippen LogP contribution is 2.27. The predicted octanol–water partition coefficient (Wildman–Crippen LogP) is 3.58. The smallest absolute Gasteiger partial charge is 0.267 e. The molecule has 0 amide bonds. The van der Waals surface area contributed by atoms with E-state index in [0.29, 0.717) is 21.4 Å². The highest BCUT2D eigenvalue weighted by Gasteiger charge is 2.17. The second-order valence-electron chi connectivity index (χ2n) is 7.11. The van der Waals surface area contributed by atoms with Gasteiger partial charge in [0.2, 0.25) is 5.16 Å². The van der Waals surface area contributed by atoms with E-state index >= 15 is 0 Å². The van der Waals surface area contributed by atoms with Crippen molar-refractivity contribution in [1.29, 1.82) is 0 Å². The molecule has 5 aromatic rings. The number of hydrogen-bond donors (Lipinski definition) is 1. The average molecular weight is 455 g/mol. The molecule has 5 rings (SSSR count). The first-order valence-corrected chi connectivity index (χ1v) is 10.9. The van der Waals surface area contributed by atoms with Gasteiger partial charge in [0.05, 0.1) is 23.2 Å². The molecule has 0 fully saturated rings. The third kappa shape index (κ3) is 4.37. The van der Waals surface area contributed by atoms with Crippen LogP contribution < -0.4 is 11.0 Å². The normalized spacial score (nSPS) is 11.3. The van der Waals surface area contributed by atoms with Gasteiger partial charge in [0, 0.05) is 6.20 Å². The second kappa shape index (κ2) is 9.05. The van der Waals surface area contributed by atoms with Crippen molar-refractivity contribution in [3.05, 3.63) is 100 Å². The number of hydrazone groups is 1. The van der Waals surface area contributed by atoms with E-state index in [1.54, 1.807) is 23.0 Å². The zero-order valence-electron chi connectivity index (χ0n) is 17.5. The van der Waals surface area contributed by atoms with Crippen molar-refractivity contribution in [3.63, 3.8) is 0 Å². The van der Waals surface area contributed by atoms with Gasteiger partial charge in [0.1, 0.15) is 10.7 Å². The number of fused-ring (bicyclic) bond motifs is 1. The van der Waals surface area contributed by atoms with Gasteiger partial charge in [-0.05, 0) is 65.5 Å². The zero-order valence-corrected chi connectivity index (χ0v) is 18.3. The summed E-state index contributed by atoms with van der Waals surface area (Å²) in [5, 5.41) is 17.2. The van der Waals surface area contributed by atoms with Crippen LogP contribution in [-0.2, 0) is 0 Å². The van der Waals surface area contributed by atoms with E-state index in [-0.39, 0.29) is 5.56 Å². The van der Waals surface area contributed by atoms with E-state index in [2.05, 4.69) is 31.0 Å². The van der Waals surface area contributed by atoms with Crippen molar-refractivity contribution in [2.45, 2.75) is 17.1 Å². The van der Waals surface area contributed by atoms with Gasteiger partial charge < -0.3 is 0 Å². The summed E-state index contributed by atoms with van der Waals surface area (Å²) in [4.78, 5) is 17.9. The largest absolute Gasteiger partial charge is 0.278 e. The Labute approximate surface area is 192 Å². The minimum absolute atomic E-state index is 0.240. The number of anilines is 1. The molecule has 0 aliphatic carbocycles. The van der Waals surface area contributed by atoms with Gasteiger partial charge >= 0.3 is 0 Å². The quantitative estimate of drug-likeness (QED) is 0.238. The fourth-order valence-corrected chi connectivity index (χ4v) is 4.00. The molecular formula is C23H18N8OS. The number of para-hydroxylation sites is 1. The average Bonchev–Trinajstić information content (AvgIpc) is 3.31. The second-order valence-corrected chi connectivity index (χ2v) is 8.07. The Bertz CT molecular complexity index is 1490. The summed E-state index contributed by atoms with van der Waals surface area (Å²) in [5.74, 6) is 0. The van der Waals surface area contributed by atoms with Crippen LogP contribution in [0.2, 0.25) is 0 Å². The van der Waals surface area contributed by atoms with Crippen LogP contribution in [0.4, 0.5) is 5.69 Å². The molecule has 0 radical (unpaired) electrons. The number of rotatable bonds is 6. The molecule has 33 heavy (non-hydrogen) atoms. The Balaban J connectivity index is 1.54. The topological polar surface area (TPSA) is 102 Å². The molecule has 0 spiro atoms. The van der Waals surface area contributed by atoms with E-state index in [1.807, 2.05) is 67.6 Å². The summed E-state index contributed by atoms with van der Waals surface area (Å²) >= 11 is 1.20. The Morgan fingerprint density at radius 2 is 1.79 bits per heavy atom. The number of tetrazole rings is 1. The van der Waals surface area contributed by atoms with Crippen LogP contribution >= 0.6 is 11.8 Å². The highest BCUT2D eigenvalue weighted by atomic mass is 32.2. The molecule has 0 atom stereocenters. The molecule has 0 aliphatic heterocycles. The van der Waals surface area contributed by atoms with Crippen molar-refractivity contribution < 1.29 is 0 Å². The third-order valence-electron chi connectivity index (χ3n) is 4.80. The summed E-state index contributed by atoms with van der Waals surface area (Å²) < 4.78 is 3.09. The highest BCUT2D eigenvalue weighted by molar-refractivity contribution is 7.99. The maximum Gasteiger partial charge on any atom is 0.267 e. The molecule has 9 nitrogen and oxygen atoms in total. The minimum Gasteiger partial charge on any atom is -0.278 e. The lowest BCUT2D eigenvalue weighted by Gasteiger charge is -2.08. The number of hydrogen-bond acceptors (Lipinski definition) is 8. The maximum atomic E-state index is 13.3. The molecule has 10 heteroatoms. The van der Waals surface area contributed by atoms with Gasteiger partial charge in [0.25, 0.3) is 5.56 Å². The molecule has 3 heterocycles. The van der Waals surface area contributed by atoms with E-state index in [0.717, 1.165) is 16.9 Å². The van der Waals surface area contributed by atoms with Crippen LogP contribution in [0.3, 0.4) is 0 Å². The molecule has 0 saturated carbocycles. The number of benzene rings is 2. The van der Waals surface area contributed by atoms with Crippen LogP contribution in [-0.4, -0.2) is 35.8 Å². The summed E-state index contributed by atoms with van der Waals surface area (Å²) in [6, 6.07) is 22.7. The van der Waals surface area contributed by atoms with Crippen molar-refractivity contribution in [3.8, 4) is 5.69 Å². The third-order valence-corrected chi connectivity index (χ3v) is 5.74. The molecule has 0 aliphatic rings. The lowest BCUT2D eigenvalue weighted by Crippen LogP contribution is -2.21. The van der Waals surface area contributed by atoms with E-state index in [1.165, 1.54) is 22.4 Å². The van der Waals surface area contributed by atoms with Gasteiger partial charge in [0.15, 0.2) is 0 Å². The van der Waals surface area contributed by atoms with E-state index in [9.17, 15) is 4.79 Å². The molecule has 0 bridgehead atoms. The van der Waals surface area contributed by atoms with Crippen molar-refractivity contribution in [2.24, 2.45) is 5.10 Å². The number of aromatic nitrogens is 6. The molecule has 0 saturated heterocycles. The molecule has 3 aromatic heterocycles. The van der Waals surface area contributed by atoms with Gasteiger partial charge in [-0.3, -0.25) is 14.6 Å². The fraction of sp³-hybridized carbons (Fsp3) is 0.0435. The fourth-order valence-electron chi connectivity index (χ4n) is 3.13. The van der Waals surface area contributed by atoms with Gasteiger partial charge in [-0.15, -0.1) is 5.10 Å². The lowest BCUT2D eigenvalue weighted by atomic mass is 10.2. The Kier molecular flexibility index (Phi) is 5.64. The summed E-state index contributed by atoms with van der Waals surface area (Å²) in [6.07, 6.45) is 3.16. The van der Waals surface area contributed by atoms with Crippen molar-refractivity contribution >= 4 is 29.3 Å². The standard InChI is InChI=1S/C23H18N8OS/c1-16-10-12-17(13-11-16)26-24-15-19-21(25-20-9-5-6-14-30(20)22(19)32)33-23-27-28-29-31(23)18-7-3-2-4-8-18/h2-15,26H,1H3/b24-15+. The van der Waals surface area contributed by atoms with Crippen molar-refractivity contribution in [1.82, 2.24) is 29.6 Å². The van der Waals surface area contributed by atoms with E-state index < -0.39 is 0 Å². The Morgan fingerprint density at radius 1 is 1.00 bits per heavy atom. The number of nitrogens with one attached hydrogen (secondary N) is 1. The molecule has 162 valence electrons. The first-order valence-electron chi connectivity index (χ1n) is 10.1. The molecule has 2 aromatic carbocycles. The number of pyridine rings is 1. The number of aryl methyl sites for hydroxylation is 1. The Morgan fingerprint density at radius 3 is 2.61 bits per heavy atom. The molecule has 0 unspecified atom stereocenters. The first-order chi connectivity index (χ1) is 16.2. The minimum atomic E-state index is -0.240. The Hall–Kier alpha value is -4.31. The van der Waals surface area contributed by atoms with Crippen LogP contribution in [0.1, 0.15) is 11.1 Å². The van der Waals surface area contributed by atoms with Gasteiger partial charge in [-0.25, -0.2) is 4.98 Å². The van der Waals surface area contributed by atoms with Crippen molar-refractivity contribution in [2.75, 3.05) is 5.43 Å². The SMILES string of the molecule is Cc1ccc(N/N=C/c2c(Sc3nnnn3-c3ccccc3)nc3ccccn3c2=O)cc1. The maximum absolute atomic E-state index is 13.3. The van der Waals surface area contributed by atoms with Crippen LogP contribution in [0, 0.1) is 6.92 Å². The van der Waals surface area contributed by atoms with Crippen LogP contribution in [0.15, 0.2) is 99.1 Å². The number of nitrogens with zero attached hydrogens (tertiary/aromatic N) is 7. The van der Waals surface area contributed by atoms with E-state index in [4.69, 9.17) is 0 Å². The molecule has 1 N–H and O–H groups in total. The first kappa shape index (κ1) is 20.6. The van der Waals surface area contributed by atoms with Crippen LogP contribution in [0.25, 0.3) is 11.3 Å². The van der Waals surface area contributed by atoms with Crippen LogP contribution in [0.5, 0.6) is 0 Å². The molecular weight excluding hydrogens is 436 g/mol. The predicted molar refractivity (Wildman–Crippen MR) is 127 cm³/mol. The van der Waals surface area contributed by atoms with Gasteiger partial charge in [-0.1, -0.05) is 42.0 Å². The summed E-state index contributed by atoms with van der Waals surface area (Å²) in [5.41, 5.74) is 6.33. The zero-order chi connectivity index (χ0) is 22.6. The lowest BCUT2D eigenvalue weighted by molar-refractivity contribution is 0.755. The van der Waals surface area contributed by atoms with Gasteiger partial charge in [-0.2, -0.15) is 9.78 Å².